The van der Waals surface area contributed by atoms with Gasteiger partial charge in [0.1, 0.15) is 17.0 Å². The molecule has 9 aromatic carbocycles. The van der Waals surface area contributed by atoms with Crippen molar-refractivity contribution in [3.8, 4) is 56.4 Å². The van der Waals surface area contributed by atoms with E-state index in [-0.39, 0.29) is 0 Å². The molecule has 4 heterocycles. The third-order valence-corrected chi connectivity index (χ3v) is 12.5. The molecule has 0 N–H and O–H groups in total. The standard InChI is InChI=1S/C58H36N4O/c1-3-16-37(17-4-1)39-20-13-22-41(32-39)58-59-49(36-56(60-58)62-51-29-11-7-24-43(51)44-25-8-12-30-52(44)62)46-27-15-31-54-57(46)48-34-53-47(35-55(48)63-54)45-26-9-10-28-50(45)61(53)42-23-14-21-40(33-42)38-18-5-2-6-19-38/h1-36H. The van der Waals surface area contributed by atoms with Gasteiger partial charge in [-0.2, -0.15) is 0 Å². The zero-order chi connectivity index (χ0) is 41.4. The number of para-hydroxylation sites is 3. The molecular weight excluding hydrogens is 769 g/mol. The van der Waals surface area contributed by atoms with Gasteiger partial charge in [0.25, 0.3) is 0 Å². The monoisotopic (exact) mass is 804 g/mol. The van der Waals surface area contributed by atoms with Gasteiger partial charge in [-0.1, -0.05) is 158 Å². The Balaban J connectivity index is 1.07. The molecule has 13 rings (SSSR count). The first-order valence-corrected chi connectivity index (χ1v) is 21.3. The van der Waals surface area contributed by atoms with E-state index >= 15 is 0 Å². The van der Waals surface area contributed by atoms with Crippen LogP contribution in [0.1, 0.15) is 0 Å². The van der Waals surface area contributed by atoms with Crippen LogP contribution in [-0.2, 0) is 0 Å². The number of rotatable bonds is 6. The van der Waals surface area contributed by atoms with E-state index in [4.69, 9.17) is 14.4 Å². The Morgan fingerprint density at radius 3 is 1.59 bits per heavy atom. The molecule has 0 aliphatic heterocycles. The highest BCUT2D eigenvalue weighted by atomic mass is 16.3. The Hall–Kier alpha value is -8.54. The third kappa shape index (κ3) is 5.64. The van der Waals surface area contributed by atoms with Gasteiger partial charge in [-0.15, -0.1) is 0 Å². The summed E-state index contributed by atoms with van der Waals surface area (Å²) >= 11 is 0. The predicted molar refractivity (Wildman–Crippen MR) is 260 cm³/mol. The van der Waals surface area contributed by atoms with Crippen molar-refractivity contribution < 1.29 is 4.42 Å². The molecule has 0 saturated carbocycles. The van der Waals surface area contributed by atoms with Crippen molar-refractivity contribution in [2.75, 3.05) is 0 Å². The Kier molecular flexibility index (Phi) is 7.84. The van der Waals surface area contributed by atoms with Crippen LogP contribution in [0.5, 0.6) is 0 Å². The third-order valence-electron chi connectivity index (χ3n) is 12.5. The summed E-state index contributed by atoms with van der Waals surface area (Å²) in [6, 6.07) is 77.2. The molecule has 0 aliphatic rings. The van der Waals surface area contributed by atoms with Gasteiger partial charge in [0.2, 0.25) is 0 Å². The summed E-state index contributed by atoms with van der Waals surface area (Å²) < 4.78 is 11.5. The van der Waals surface area contributed by atoms with Crippen LogP contribution >= 0.6 is 0 Å². The molecular formula is C58H36N4O. The van der Waals surface area contributed by atoms with Crippen molar-refractivity contribution >= 4 is 65.6 Å². The summed E-state index contributed by atoms with van der Waals surface area (Å²) in [6.45, 7) is 0. The number of benzene rings is 9. The van der Waals surface area contributed by atoms with Gasteiger partial charge < -0.3 is 8.98 Å². The first kappa shape index (κ1) is 35.2. The molecule has 0 fully saturated rings. The lowest BCUT2D eigenvalue weighted by Gasteiger charge is -2.13. The summed E-state index contributed by atoms with van der Waals surface area (Å²) in [5, 5.41) is 6.71. The number of hydrogen-bond acceptors (Lipinski definition) is 3. The zero-order valence-corrected chi connectivity index (χ0v) is 34.0. The first-order chi connectivity index (χ1) is 31.2. The Labute approximate surface area is 362 Å². The fraction of sp³-hybridized carbons (Fsp3) is 0. The molecule has 5 nitrogen and oxygen atoms in total. The molecule has 13 aromatic rings. The van der Waals surface area contributed by atoms with Gasteiger partial charge in [-0.3, -0.25) is 4.57 Å². The maximum Gasteiger partial charge on any atom is 0.162 e. The normalized spacial score (nSPS) is 11.8. The summed E-state index contributed by atoms with van der Waals surface area (Å²) in [5.41, 5.74) is 14.5. The van der Waals surface area contributed by atoms with Crippen LogP contribution < -0.4 is 0 Å². The molecule has 0 aliphatic carbocycles. The molecule has 0 spiro atoms. The van der Waals surface area contributed by atoms with E-state index in [1.165, 1.54) is 27.3 Å². The van der Waals surface area contributed by atoms with E-state index in [1.807, 2.05) is 6.07 Å². The minimum Gasteiger partial charge on any atom is -0.456 e. The second-order valence-electron chi connectivity index (χ2n) is 16.2. The molecule has 63 heavy (non-hydrogen) atoms. The topological polar surface area (TPSA) is 48.8 Å². The Morgan fingerprint density at radius 1 is 0.333 bits per heavy atom. The molecule has 0 bridgehead atoms. The maximum absolute atomic E-state index is 6.80. The van der Waals surface area contributed by atoms with Crippen molar-refractivity contribution in [2.45, 2.75) is 0 Å². The molecule has 0 saturated heterocycles. The lowest BCUT2D eigenvalue weighted by molar-refractivity contribution is 0.669. The van der Waals surface area contributed by atoms with Crippen LogP contribution in [-0.4, -0.2) is 19.1 Å². The van der Waals surface area contributed by atoms with Crippen molar-refractivity contribution in [2.24, 2.45) is 0 Å². The SMILES string of the molecule is c1ccc(-c2cccc(-c3nc(-c4cccc5oc6cc7c8ccccc8n(-c8cccc(-c9ccccc9)c8)c7cc6c45)cc(-n4c5ccccc5c5ccccc54)n3)c2)cc1. The molecule has 4 aromatic heterocycles. The number of nitrogens with zero attached hydrogens (tertiary/aromatic N) is 4. The van der Waals surface area contributed by atoms with Gasteiger partial charge in [0.15, 0.2) is 5.82 Å². The number of aromatic nitrogens is 4. The Morgan fingerprint density at radius 2 is 0.889 bits per heavy atom. The van der Waals surface area contributed by atoms with E-state index in [2.05, 4.69) is 221 Å². The van der Waals surface area contributed by atoms with Crippen molar-refractivity contribution in [1.82, 2.24) is 19.1 Å². The quantitative estimate of drug-likeness (QED) is 0.168. The fourth-order valence-corrected chi connectivity index (χ4v) is 9.69. The van der Waals surface area contributed by atoms with Crippen LogP contribution in [0.2, 0.25) is 0 Å². The summed E-state index contributed by atoms with van der Waals surface area (Å²) in [5.74, 6) is 1.44. The molecule has 0 atom stereocenters. The highest BCUT2D eigenvalue weighted by Crippen LogP contribution is 2.43. The minimum absolute atomic E-state index is 0.646. The minimum atomic E-state index is 0.646. The number of hydrogen-bond donors (Lipinski definition) is 0. The number of fused-ring (bicyclic) bond motifs is 9. The van der Waals surface area contributed by atoms with E-state index < -0.39 is 0 Å². The van der Waals surface area contributed by atoms with Crippen LogP contribution in [0.3, 0.4) is 0 Å². The Bertz CT molecular complexity index is 3860. The van der Waals surface area contributed by atoms with Crippen LogP contribution in [0.25, 0.3) is 122 Å². The highest BCUT2D eigenvalue weighted by Gasteiger charge is 2.22. The summed E-state index contributed by atoms with van der Waals surface area (Å²) in [7, 11) is 0. The van der Waals surface area contributed by atoms with Gasteiger partial charge >= 0.3 is 0 Å². The summed E-state index contributed by atoms with van der Waals surface area (Å²) in [4.78, 5) is 10.8. The molecule has 0 unspecified atom stereocenters. The molecule has 0 radical (unpaired) electrons. The molecule has 5 heteroatoms. The van der Waals surface area contributed by atoms with Crippen LogP contribution in [0.4, 0.5) is 0 Å². The predicted octanol–water partition coefficient (Wildman–Crippen LogP) is 15.2. The van der Waals surface area contributed by atoms with Crippen LogP contribution in [0, 0.1) is 0 Å². The van der Waals surface area contributed by atoms with Gasteiger partial charge in [0.05, 0.1) is 27.8 Å². The van der Waals surface area contributed by atoms with E-state index in [1.54, 1.807) is 0 Å². The van der Waals surface area contributed by atoms with Crippen LogP contribution in [0.15, 0.2) is 223 Å². The second-order valence-corrected chi connectivity index (χ2v) is 16.2. The summed E-state index contributed by atoms with van der Waals surface area (Å²) in [6.07, 6.45) is 0. The average molecular weight is 805 g/mol. The van der Waals surface area contributed by atoms with Crippen molar-refractivity contribution in [3.05, 3.63) is 218 Å². The average Bonchev–Trinajstić information content (AvgIpc) is 4.01. The fourth-order valence-electron chi connectivity index (χ4n) is 9.69. The lowest BCUT2D eigenvalue weighted by Crippen LogP contribution is -2.02. The van der Waals surface area contributed by atoms with Gasteiger partial charge in [-0.25, -0.2) is 9.97 Å². The first-order valence-electron chi connectivity index (χ1n) is 21.3. The van der Waals surface area contributed by atoms with E-state index in [0.717, 1.165) is 88.8 Å². The highest BCUT2D eigenvalue weighted by molar-refractivity contribution is 6.19. The maximum atomic E-state index is 6.80. The van der Waals surface area contributed by atoms with Gasteiger partial charge in [0, 0.05) is 55.2 Å². The largest absolute Gasteiger partial charge is 0.456 e. The molecule has 294 valence electrons. The van der Waals surface area contributed by atoms with Gasteiger partial charge in [-0.05, 0) is 76.9 Å². The lowest BCUT2D eigenvalue weighted by atomic mass is 10.0. The van der Waals surface area contributed by atoms with Crippen molar-refractivity contribution in [1.29, 1.82) is 0 Å². The zero-order valence-electron chi connectivity index (χ0n) is 34.0. The second kappa shape index (κ2) is 14.0. The van der Waals surface area contributed by atoms with E-state index in [9.17, 15) is 0 Å². The molecule has 0 amide bonds. The van der Waals surface area contributed by atoms with E-state index in [0.29, 0.717) is 5.82 Å². The smallest absolute Gasteiger partial charge is 0.162 e. The number of furan rings is 1. The van der Waals surface area contributed by atoms with Crippen molar-refractivity contribution in [3.63, 3.8) is 0 Å².